The fourth-order valence-corrected chi connectivity index (χ4v) is 2.02. The van der Waals surface area contributed by atoms with Crippen molar-refractivity contribution in [2.75, 3.05) is 6.26 Å². The van der Waals surface area contributed by atoms with Gasteiger partial charge in [0.1, 0.15) is 0 Å². The average Bonchev–Trinajstić information content (AvgIpc) is 2.13. The average molecular weight is 262 g/mol. The van der Waals surface area contributed by atoms with Gasteiger partial charge in [-0.05, 0) is 29.2 Å². The predicted octanol–water partition coefficient (Wildman–Crippen LogP) is 2.51. The lowest BCUT2D eigenvalue weighted by molar-refractivity contribution is 0.587. The van der Waals surface area contributed by atoms with Gasteiger partial charge >= 0.3 is 0 Å². The van der Waals surface area contributed by atoms with E-state index in [4.69, 9.17) is 11.6 Å². The normalized spacial score (nSPS) is 12.1. The van der Waals surface area contributed by atoms with Gasteiger partial charge in [0.2, 0.25) is 10.0 Å². The van der Waals surface area contributed by atoms with Crippen molar-refractivity contribution in [2.24, 2.45) is 0 Å². The van der Waals surface area contributed by atoms with Gasteiger partial charge in [-0.25, -0.2) is 13.1 Å². The Kier molecular flexibility index (Phi) is 4.35. The maximum atomic E-state index is 11.0. The van der Waals surface area contributed by atoms with Gasteiger partial charge in [0.15, 0.2) is 0 Å². The molecule has 16 heavy (non-hydrogen) atoms. The zero-order valence-corrected chi connectivity index (χ0v) is 11.2. The van der Waals surface area contributed by atoms with Gasteiger partial charge in [-0.15, -0.1) is 0 Å². The van der Waals surface area contributed by atoms with Crippen LogP contribution < -0.4 is 4.72 Å². The molecule has 90 valence electrons. The van der Waals surface area contributed by atoms with Gasteiger partial charge in [-0.3, -0.25) is 0 Å². The van der Waals surface area contributed by atoms with Crippen LogP contribution in [0, 0.1) is 0 Å². The standard InChI is InChI=1S/C11H16ClNO2S/c1-8(2)10-4-9(5-11(12)6-10)7-13-16(3,14)15/h4-6,8,13H,7H2,1-3H3. The highest BCUT2D eigenvalue weighted by Gasteiger charge is 2.05. The summed E-state index contributed by atoms with van der Waals surface area (Å²) in [6, 6.07) is 5.64. The Bertz CT molecular complexity index is 469. The Hall–Kier alpha value is -0.580. The second-order valence-electron chi connectivity index (χ2n) is 4.14. The minimum absolute atomic E-state index is 0.277. The van der Waals surface area contributed by atoms with E-state index < -0.39 is 10.0 Å². The number of rotatable bonds is 4. The maximum Gasteiger partial charge on any atom is 0.209 e. The molecule has 0 spiro atoms. The van der Waals surface area contributed by atoms with Gasteiger partial charge < -0.3 is 0 Å². The Morgan fingerprint density at radius 2 is 1.94 bits per heavy atom. The van der Waals surface area contributed by atoms with Gasteiger partial charge in [0, 0.05) is 11.6 Å². The first kappa shape index (κ1) is 13.5. The SMILES string of the molecule is CC(C)c1cc(Cl)cc(CNS(C)(=O)=O)c1. The second kappa shape index (κ2) is 5.17. The molecule has 0 aliphatic carbocycles. The third kappa shape index (κ3) is 4.51. The van der Waals surface area contributed by atoms with Gasteiger partial charge in [0.25, 0.3) is 0 Å². The Morgan fingerprint density at radius 3 is 2.44 bits per heavy atom. The Balaban J connectivity index is 2.89. The molecule has 0 saturated carbocycles. The number of halogens is 1. The molecule has 5 heteroatoms. The lowest BCUT2D eigenvalue weighted by Crippen LogP contribution is -2.21. The predicted molar refractivity (Wildman–Crippen MR) is 67.2 cm³/mol. The van der Waals surface area contributed by atoms with E-state index in [1.54, 1.807) is 6.07 Å². The first-order valence-corrected chi connectivity index (χ1v) is 7.29. The van der Waals surface area contributed by atoms with E-state index in [0.29, 0.717) is 10.9 Å². The highest BCUT2D eigenvalue weighted by molar-refractivity contribution is 7.88. The highest BCUT2D eigenvalue weighted by Crippen LogP contribution is 2.21. The van der Waals surface area contributed by atoms with Crippen LogP contribution in [0.4, 0.5) is 0 Å². The van der Waals surface area contributed by atoms with E-state index in [1.807, 2.05) is 12.1 Å². The van der Waals surface area contributed by atoms with Crippen LogP contribution >= 0.6 is 11.6 Å². The van der Waals surface area contributed by atoms with Crippen molar-refractivity contribution < 1.29 is 8.42 Å². The van der Waals surface area contributed by atoms with Crippen molar-refractivity contribution in [3.05, 3.63) is 34.3 Å². The summed E-state index contributed by atoms with van der Waals surface area (Å²) >= 11 is 5.97. The minimum atomic E-state index is -3.16. The summed E-state index contributed by atoms with van der Waals surface area (Å²) in [7, 11) is -3.16. The van der Waals surface area contributed by atoms with Gasteiger partial charge in [-0.1, -0.05) is 31.5 Å². The molecule has 0 fully saturated rings. The first-order valence-electron chi connectivity index (χ1n) is 5.02. The quantitative estimate of drug-likeness (QED) is 0.905. The molecule has 0 amide bonds. The van der Waals surface area contributed by atoms with Crippen molar-refractivity contribution in [1.29, 1.82) is 0 Å². The largest absolute Gasteiger partial charge is 0.213 e. The number of benzene rings is 1. The van der Waals surface area contributed by atoms with E-state index >= 15 is 0 Å². The molecule has 1 aromatic carbocycles. The minimum Gasteiger partial charge on any atom is -0.213 e. The van der Waals surface area contributed by atoms with Gasteiger partial charge in [0.05, 0.1) is 6.26 Å². The van der Waals surface area contributed by atoms with E-state index in [1.165, 1.54) is 0 Å². The molecule has 1 N–H and O–H groups in total. The summed E-state index contributed by atoms with van der Waals surface area (Å²) in [5, 5.41) is 0.636. The molecule has 0 saturated heterocycles. The molecule has 0 aliphatic heterocycles. The monoisotopic (exact) mass is 261 g/mol. The number of nitrogens with one attached hydrogen (secondary N) is 1. The van der Waals surface area contributed by atoms with Crippen LogP contribution in [0.1, 0.15) is 30.9 Å². The fourth-order valence-electron chi connectivity index (χ4n) is 1.33. The molecule has 0 atom stereocenters. The van der Waals surface area contributed by atoms with Crippen molar-refractivity contribution in [3.63, 3.8) is 0 Å². The summed E-state index contributed by atoms with van der Waals surface area (Å²) < 4.78 is 24.4. The lowest BCUT2D eigenvalue weighted by atomic mass is 10.0. The third-order valence-corrected chi connectivity index (χ3v) is 3.07. The van der Waals surface area contributed by atoms with Crippen LogP contribution in [-0.2, 0) is 16.6 Å². The molecule has 3 nitrogen and oxygen atoms in total. The zero-order valence-electron chi connectivity index (χ0n) is 9.62. The molecule has 1 rings (SSSR count). The van der Waals surface area contributed by atoms with E-state index in [-0.39, 0.29) is 6.54 Å². The van der Waals surface area contributed by atoms with Crippen molar-refractivity contribution >= 4 is 21.6 Å². The Labute approximate surface area is 102 Å². The summed E-state index contributed by atoms with van der Waals surface area (Å²) in [4.78, 5) is 0. The number of hydrogen-bond acceptors (Lipinski definition) is 2. The van der Waals surface area contributed by atoms with Crippen LogP contribution in [0.25, 0.3) is 0 Å². The summed E-state index contributed by atoms with van der Waals surface area (Å²) in [5.41, 5.74) is 1.99. The maximum absolute atomic E-state index is 11.0. The van der Waals surface area contributed by atoms with Crippen LogP contribution in [0.2, 0.25) is 5.02 Å². The lowest BCUT2D eigenvalue weighted by Gasteiger charge is -2.09. The molecule has 0 aliphatic rings. The molecular weight excluding hydrogens is 246 g/mol. The molecule has 1 aromatic rings. The number of sulfonamides is 1. The molecule has 0 radical (unpaired) electrons. The van der Waals surface area contributed by atoms with Gasteiger partial charge in [-0.2, -0.15) is 0 Å². The smallest absolute Gasteiger partial charge is 0.209 e. The Morgan fingerprint density at radius 1 is 1.31 bits per heavy atom. The highest BCUT2D eigenvalue weighted by atomic mass is 35.5. The second-order valence-corrected chi connectivity index (χ2v) is 6.41. The zero-order chi connectivity index (χ0) is 12.3. The molecule has 0 aromatic heterocycles. The van der Waals surface area contributed by atoms with E-state index in [0.717, 1.165) is 17.4 Å². The third-order valence-electron chi connectivity index (χ3n) is 2.19. The fraction of sp³-hybridized carbons (Fsp3) is 0.455. The van der Waals surface area contributed by atoms with Crippen LogP contribution in [0.15, 0.2) is 18.2 Å². The van der Waals surface area contributed by atoms with Crippen LogP contribution in [0.3, 0.4) is 0 Å². The molecule has 0 bridgehead atoms. The number of hydrogen-bond donors (Lipinski definition) is 1. The van der Waals surface area contributed by atoms with Crippen LogP contribution in [-0.4, -0.2) is 14.7 Å². The summed E-state index contributed by atoms with van der Waals surface area (Å²) in [5.74, 6) is 0.371. The van der Waals surface area contributed by atoms with E-state index in [2.05, 4.69) is 18.6 Å². The summed E-state index contributed by atoms with van der Waals surface area (Å²) in [6.07, 6.45) is 1.14. The first-order chi connectivity index (χ1) is 7.28. The van der Waals surface area contributed by atoms with Crippen molar-refractivity contribution in [2.45, 2.75) is 26.3 Å². The molecular formula is C11H16ClNO2S. The van der Waals surface area contributed by atoms with Crippen molar-refractivity contribution in [1.82, 2.24) is 4.72 Å². The molecule has 0 heterocycles. The topological polar surface area (TPSA) is 46.2 Å². The van der Waals surface area contributed by atoms with Crippen LogP contribution in [0.5, 0.6) is 0 Å². The summed E-state index contributed by atoms with van der Waals surface area (Å²) in [6.45, 7) is 4.41. The molecule has 0 unspecified atom stereocenters. The van der Waals surface area contributed by atoms with E-state index in [9.17, 15) is 8.42 Å². The van der Waals surface area contributed by atoms with Crippen molar-refractivity contribution in [3.8, 4) is 0 Å².